The number of rotatable bonds is 9. The summed E-state index contributed by atoms with van der Waals surface area (Å²) in [5.74, 6) is 1.28. The van der Waals surface area contributed by atoms with Crippen molar-refractivity contribution in [3.63, 3.8) is 0 Å². The number of nitrogens with zero attached hydrogens (tertiary/aromatic N) is 6. The number of likely N-dealkylation sites (tertiary alicyclic amines) is 1. The van der Waals surface area contributed by atoms with Gasteiger partial charge in [0.25, 0.3) is 5.91 Å². The smallest absolute Gasteiger partial charge is 0.391 e. The first-order chi connectivity index (χ1) is 16.1. The Bertz CT molecular complexity index is 1110. The molecule has 3 heterocycles. The maximum Gasteiger partial charge on any atom is 0.413 e. The molecule has 174 valence electrons. The molecular weight excluding hydrogens is 426 g/mol. The van der Waals surface area contributed by atoms with E-state index < -0.39 is 6.09 Å². The third-order valence-electron chi connectivity index (χ3n) is 5.35. The molecule has 2 amide bonds. The van der Waals surface area contributed by atoms with Gasteiger partial charge in [-0.05, 0) is 6.42 Å². The molecule has 0 saturated carbocycles. The van der Waals surface area contributed by atoms with E-state index in [9.17, 15) is 9.59 Å². The number of aromatic nitrogens is 5. The highest BCUT2D eigenvalue weighted by atomic mass is 16.6. The molecule has 1 saturated heterocycles. The van der Waals surface area contributed by atoms with E-state index in [2.05, 4.69) is 20.5 Å². The van der Waals surface area contributed by atoms with Gasteiger partial charge in [0.1, 0.15) is 11.4 Å². The summed E-state index contributed by atoms with van der Waals surface area (Å²) in [6.07, 6.45) is 2.18. The molecule has 11 heteroatoms. The Labute approximate surface area is 191 Å². The third-order valence-corrected chi connectivity index (χ3v) is 5.35. The van der Waals surface area contributed by atoms with Crippen LogP contribution >= 0.6 is 0 Å². The van der Waals surface area contributed by atoms with Crippen molar-refractivity contribution < 1.29 is 19.1 Å². The highest BCUT2D eigenvalue weighted by Crippen LogP contribution is 2.22. The number of hydrogen-bond donors (Lipinski definition) is 1. The van der Waals surface area contributed by atoms with E-state index >= 15 is 0 Å². The van der Waals surface area contributed by atoms with Crippen molar-refractivity contribution in [1.29, 1.82) is 0 Å². The lowest BCUT2D eigenvalue weighted by molar-refractivity contribution is 0.0648. The minimum Gasteiger partial charge on any atom is -0.391 e. The number of amides is 2. The van der Waals surface area contributed by atoms with Crippen LogP contribution in [0.3, 0.4) is 0 Å². The van der Waals surface area contributed by atoms with Crippen LogP contribution in [0, 0.1) is 0 Å². The zero-order valence-electron chi connectivity index (χ0n) is 18.7. The Morgan fingerprint density at radius 1 is 1.18 bits per heavy atom. The van der Waals surface area contributed by atoms with Crippen LogP contribution in [0.5, 0.6) is 5.88 Å². The van der Waals surface area contributed by atoms with E-state index in [1.807, 2.05) is 30.3 Å². The number of nitrogens with one attached hydrogen (secondary N) is 1. The van der Waals surface area contributed by atoms with Gasteiger partial charge < -0.3 is 19.7 Å². The van der Waals surface area contributed by atoms with Gasteiger partial charge in [-0.25, -0.2) is 19.1 Å². The Kier molecular flexibility index (Phi) is 6.98. The molecule has 11 nitrogen and oxygen atoms in total. The highest BCUT2D eigenvalue weighted by Gasteiger charge is 2.27. The van der Waals surface area contributed by atoms with Crippen molar-refractivity contribution in [3.05, 3.63) is 47.9 Å². The van der Waals surface area contributed by atoms with E-state index in [-0.39, 0.29) is 23.9 Å². The van der Waals surface area contributed by atoms with Crippen molar-refractivity contribution >= 4 is 12.0 Å². The molecule has 3 aromatic rings. The Morgan fingerprint density at radius 2 is 1.97 bits per heavy atom. The van der Waals surface area contributed by atoms with Crippen LogP contribution in [-0.2, 0) is 24.8 Å². The number of carbonyl (C=O) groups is 2. The molecule has 0 aliphatic carbocycles. The summed E-state index contributed by atoms with van der Waals surface area (Å²) in [5.41, 5.74) is 1.19. The fourth-order valence-electron chi connectivity index (χ4n) is 3.41. The van der Waals surface area contributed by atoms with Crippen LogP contribution in [0.2, 0.25) is 0 Å². The summed E-state index contributed by atoms with van der Waals surface area (Å²) < 4.78 is 13.7. The number of benzene rings is 1. The Balaban J connectivity index is 1.37. The summed E-state index contributed by atoms with van der Waals surface area (Å²) in [5, 5.41) is 11.4. The van der Waals surface area contributed by atoms with Crippen LogP contribution in [0.15, 0.2) is 36.5 Å². The molecule has 0 bridgehead atoms. The molecule has 0 spiro atoms. The van der Waals surface area contributed by atoms with Crippen molar-refractivity contribution in [1.82, 2.24) is 34.8 Å². The average Bonchev–Trinajstić information content (AvgIpc) is 3.35. The normalized spacial score (nSPS) is 13.0. The third kappa shape index (κ3) is 5.20. The van der Waals surface area contributed by atoms with Crippen LogP contribution in [0.25, 0.3) is 11.4 Å². The van der Waals surface area contributed by atoms with Crippen molar-refractivity contribution in [3.8, 4) is 17.3 Å². The fraction of sp³-hybridized carbons (Fsp3) is 0.409. The molecular formula is C22H27N7O4. The molecule has 2 aromatic heterocycles. The molecule has 1 aromatic carbocycles. The van der Waals surface area contributed by atoms with Crippen molar-refractivity contribution in [2.75, 3.05) is 33.4 Å². The average molecular weight is 454 g/mol. The van der Waals surface area contributed by atoms with Gasteiger partial charge in [0.2, 0.25) is 5.88 Å². The number of carbonyl (C=O) groups excluding carboxylic acids is 2. The Morgan fingerprint density at radius 3 is 2.67 bits per heavy atom. The Hall–Kier alpha value is -3.73. The maximum absolute atomic E-state index is 12.5. The first kappa shape index (κ1) is 22.5. The molecule has 0 radical (unpaired) electrons. The minimum absolute atomic E-state index is 0.124. The predicted molar refractivity (Wildman–Crippen MR) is 119 cm³/mol. The van der Waals surface area contributed by atoms with Gasteiger partial charge in [0, 0.05) is 45.8 Å². The quantitative estimate of drug-likeness (QED) is 0.522. The first-order valence-corrected chi connectivity index (χ1v) is 10.8. The van der Waals surface area contributed by atoms with Crippen molar-refractivity contribution in [2.45, 2.75) is 19.4 Å². The summed E-state index contributed by atoms with van der Waals surface area (Å²) in [6, 6.07) is 9.70. The second-order valence-electron chi connectivity index (χ2n) is 7.63. The van der Waals surface area contributed by atoms with Gasteiger partial charge in [-0.3, -0.25) is 4.79 Å². The molecule has 1 aliphatic heterocycles. The predicted octanol–water partition coefficient (Wildman–Crippen LogP) is 1.50. The summed E-state index contributed by atoms with van der Waals surface area (Å²) in [7, 11) is 3.25. The van der Waals surface area contributed by atoms with Gasteiger partial charge >= 0.3 is 6.09 Å². The van der Waals surface area contributed by atoms with Gasteiger partial charge in [-0.2, -0.15) is 10.2 Å². The standard InChI is InChI=1S/C22H27N7O4/c1-27-21(17(15-24-27)20(30)28-11-6-12-28)33-22(31)23-10-9-18-25-19(16-7-4-3-5-8-16)26-29(18)13-14-32-2/h3-5,7-8,15H,6,9-14H2,1-2H3,(H,23,31). The largest absolute Gasteiger partial charge is 0.413 e. The highest BCUT2D eigenvalue weighted by molar-refractivity contribution is 5.97. The van der Waals surface area contributed by atoms with Crippen molar-refractivity contribution in [2.24, 2.45) is 7.05 Å². The molecule has 1 aliphatic rings. The van der Waals surface area contributed by atoms with Crippen LogP contribution in [-0.4, -0.2) is 74.8 Å². The van der Waals surface area contributed by atoms with E-state index in [4.69, 9.17) is 9.47 Å². The minimum atomic E-state index is -0.664. The van der Waals surface area contributed by atoms with Crippen LogP contribution in [0.4, 0.5) is 4.79 Å². The van der Waals surface area contributed by atoms with E-state index in [1.165, 1.54) is 10.9 Å². The fourth-order valence-corrected chi connectivity index (χ4v) is 3.41. The zero-order valence-corrected chi connectivity index (χ0v) is 18.7. The monoisotopic (exact) mass is 453 g/mol. The molecule has 33 heavy (non-hydrogen) atoms. The number of methoxy groups -OCH3 is 1. The first-order valence-electron chi connectivity index (χ1n) is 10.8. The maximum atomic E-state index is 12.5. The van der Waals surface area contributed by atoms with E-state index in [0.29, 0.717) is 38.5 Å². The summed E-state index contributed by atoms with van der Waals surface area (Å²) in [6.45, 7) is 2.73. The second-order valence-corrected chi connectivity index (χ2v) is 7.63. The topological polar surface area (TPSA) is 116 Å². The molecule has 1 N–H and O–H groups in total. The lowest BCUT2D eigenvalue weighted by Gasteiger charge is -2.30. The van der Waals surface area contributed by atoms with Crippen LogP contribution < -0.4 is 10.1 Å². The SMILES string of the molecule is COCCn1nc(-c2ccccc2)nc1CCNC(=O)Oc1c(C(=O)N2CCC2)cnn1C. The van der Waals surface area contributed by atoms with Crippen LogP contribution in [0.1, 0.15) is 22.6 Å². The van der Waals surface area contributed by atoms with Gasteiger partial charge in [-0.1, -0.05) is 30.3 Å². The number of hydrogen-bond acceptors (Lipinski definition) is 7. The zero-order chi connectivity index (χ0) is 23.2. The van der Waals surface area contributed by atoms with Gasteiger partial charge in [0.15, 0.2) is 5.82 Å². The number of aryl methyl sites for hydroxylation is 1. The lowest BCUT2D eigenvalue weighted by Crippen LogP contribution is -2.42. The molecule has 1 fully saturated rings. The second kappa shape index (κ2) is 10.3. The molecule has 0 unspecified atom stereocenters. The summed E-state index contributed by atoms with van der Waals surface area (Å²) in [4.78, 5) is 31.2. The number of ether oxygens (including phenoxy) is 2. The molecule has 4 rings (SSSR count). The molecule has 0 atom stereocenters. The summed E-state index contributed by atoms with van der Waals surface area (Å²) >= 11 is 0. The van der Waals surface area contributed by atoms with Gasteiger partial charge in [-0.15, -0.1) is 0 Å². The van der Waals surface area contributed by atoms with E-state index in [0.717, 1.165) is 17.8 Å². The lowest BCUT2D eigenvalue weighted by atomic mass is 10.2. The van der Waals surface area contributed by atoms with E-state index in [1.54, 1.807) is 23.7 Å². The van der Waals surface area contributed by atoms with Gasteiger partial charge in [0.05, 0.1) is 19.3 Å².